The molecule has 0 aliphatic carbocycles. The van der Waals surface area contributed by atoms with E-state index in [4.69, 9.17) is 9.88 Å². The van der Waals surface area contributed by atoms with Crippen molar-refractivity contribution in [3.8, 4) is 0 Å². The zero-order chi connectivity index (χ0) is 13.8. The van der Waals surface area contributed by atoms with Gasteiger partial charge in [-0.3, -0.25) is 0 Å². The summed E-state index contributed by atoms with van der Waals surface area (Å²) >= 11 is 0. The van der Waals surface area contributed by atoms with Crippen molar-refractivity contribution in [2.24, 2.45) is 5.14 Å². The molecule has 2 N–H and O–H groups in total. The van der Waals surface area contributed by atoms with Gasteiger partial charge in [0, 0.05) is 12.4 Å². The van der Waals surface area contributed by atoms with Crippen LogP contribution in [0.25, 0.3) is 0 Å². The molecule has 1 rings (SSSR count). The lowest BCUT2D eigenvalue weighted by Gasteiger charge is -2.20. The predicted molar refractivity (Wildman–Crippen MR) is 68.2 cm³/mol. The standard InChI is InChI=1S/C11H17N3O3S/c1-4-5-17-10(9(3)18(12,15)16)11-13-6-8(2)7-14-11/h4,6-7,9-10H,1,5H2,2-3H3,(H2,12,15,16). The molecule has 1 heterocycles. The summed E-state index contributed by atoms with van der Waals surface area (Å²) in [6, 6.07) is 0. The van der Waals surface area contributed by atoms with Crippen molar-refractivity contribution >= 4 is 10.0 Å². The third kappa shape index (κ3) is 3.86. The number of rotatable bonds is 6. The second-order valence-electron chi connectivity index (χ2n) is 3.96. The summed E-state index contributed by atoms with van der Waals surface area (Å²) in [5, 5.41) is 4.20. The molecule has 6 nitrogen and oxygen atoms in total. The van der Waals surface area contributed by atoms with Gasteiger partial charge in [-0.15, -0.1) is 6.58 Å². The quantitative estimate of drug-likeness (QED) is 0.769. The Morgan fingerprint density at radius 1 is 1.50 bits per heavy atom. The summed E-state index contributed by atoms with van der Waals surface area (Å²) in [6.07, 6.45) is 3.92. The molecule has 7 heteroatoms. The monoisotopic (exact) mass is 271 g/mol. The number of primary sulfonamides is 1. The first-order chi connectivity index (χ1) is 8.36. The zero-order valence-electron chi connectivity index (χ0n) is 10.4. The maximum absolute atomic E-state index is 11.4. The Labute approximate surface area is 107 Å². The molecule has 2 atom stereocenters. The van der Waals surface area contributed by atoms with Gasteiger partial charge in [0.2, 0.25) is 10.0 Å². The van der Waals surface area contributed by atoms with Crippen LogP contribution in [0.5, 0.6) is 0 Å². The summed E-state index contributed by atoms with van der Waals surface area (Å²) in [7, 11) is -3.73. The lowest BCUT2D eigenvalue weighted by atomic mass is 10.2. The van der Waals surface area contributed by atoms with Crippen molar-refractivity contribution < 1.29 is 13.2 Å². The van der Waals surface area contributed by atoms with Gasteiger partial charge in [0.1, 0.15) is 11.4 Å². The van der Waals surface area contributed by atoms with E-state index in [0.29, 0.717) is 5.82 Å². The number of nitrogens with zero attached hydrogens (tertiary/aromatic N) is 2. The number of aromatic nitrogens is 2. The average molecular weight is 271 g/mol. The molecule has 1 aromatic heterocycles. The Morgan fingerprint density at radius 3 is 2.50 bits per heavy atom. The molecule has 1 aromatic rings. The molecular weight excluding hydrogens is 254 g/mol. The van der Waals surface area contributed by atoms with Crippen molar-refractivity contribution in [3.05, 3.63) is 36.4 Å². The molecule has 0 aromatic carbocycles. The van der Waals surface area contributed by atoms with Gasteiger partial charge in [-0.05, 0) is 19.4 Å². The molecule has 0 saturated heterocycles. The van der Waals surface area contributed by atoms with Crippen LogP contribution in [0.1, 0.15) is 24.4 Å². The van der Waals surface area contributed by atoms with E-state index in [0.717, 1.165) is 5.56 Å². The van der Waals surface area contributed by atoms with Crippen molar-refractivity contribution in [1.29, 1.82) is 0 Å². The van der Waals surface area contributed by atoms with Crippen molar-refractivity contribution in [2.75, 3.05) is 6.61 Å². The van der Waals surface area contributed by atoms with Crippen LogP contribution >= 0.6 is 0 Å². The molecule has 0 amide bonds. The van der Waals surface area contributed by atoms with E-state index < -0.39 is 21.4 Å². The number of nitrogens with two attached hydrogens (primary N) is 1. The van der Waals surface area contributed by atoms with Crippen LogP contribution in [0.15, 0.2) is 25.0 Å². The lowest BCUT2D eigenvalue weighted by Crippen LogP contribution is -2.33. The van der Waals surface area contributed by atoms with Gasteiger partial charge < -0.3 is 4.74 Å². The van der Waals surface area contributed by atoms with Gasteiger partial charge in [0.15, 0.2) is 5.82 Å². The summed E-state index contributed by atoms with van der Waals surface area (Å²) in [5.74, 6) is 0.295. The number of ether oxygens (including phenoxy) is 1. The summed E-state index contributed by atoms with van der Waals surface area (Å²) < 4.78 is 28.2. The molecule has 2 unspecified atom stereocenters. The molecule has 0 saturated carbocycles. The molecule has 0 spiro atoms. The summed E-state index contributed by atoms with van der Waals surface area (Å²) in [4.78, 5) is 8.15. The zero-order valence-corrected chi connectivity index (χ0v) is 11.2. The lowest BCUT2D eigenvalue weighted by molar-refractivity contribution is 0.0669. The minimum Gasteiger partial charge on any atom is -0.365 e. The molecule has 0 aliphatic heterocycles. The van der Waals surface area contributed by atoms with Crippen LogP contribution in [0, 0.1) is 6.92 Å². The fourth-order valence-electron chi connectivity index (χ4n) is 1.31. The molecule has 0 aliphatic rings. The minimum atomic E-state index is -3.73. The van der Waals surface area contributed by atoms with Crippen molar-refractivity contribution in [2.45, 2.75) is 25.2 Å². The van der Waals surface area contributed by atoms with Crippen LogP contribution in [0.4, 0.5) is 0 Å². The Hall–Kier alpha value is -1.31. The van der Waals surface area contributed by atoms with Crippen molar-refractivity contribution in [3.63, 3.8) is 0 Å². The van der Waals surface area contributed by atoms with E-state index >= 15 is 0 Å². The molecule has 18 heavy (non-hydrogen) atoms. The first kappa shape index (κ1) is 14.7. The largest absolute Gasteiger partial charge is 0.365 e. The van der Waals surface area contributed by atoms with Crippen LogP contribution < -0.4 is 5.14 Å². The summed E-state index contributed by atoms with van der Waals surface area (Å²) in [5.41, 5.74) is 0.879. The van der Waals surface area contributed by atoms with Gasteiger partial charge in [-0.2, -0.15) is 0 Å². The number of sulfonamides is 1. The fraction of sp³-hybridized carbons (Fsp3) is 0.455. The predicted octanol–water partition coefficient (Wildman–Crippen LogP) is 0.706. The molecule has 100 valence electrons. The topological polar surface area (TPSA) is 95.2 Å². The minimum absolute atomic E-state index is 0.196. The Morgan fingerprint density at radius 2 is 2.06 bits per heavy atom. The highest BCUT2D eigenvalue weighted by molar-refractivity contribution is 7.89. The van der Waals surface area contributed by atoms with Crippen LogP contribution in [-0.2, 0) is 14.8 Å². The van der Waals surface area contributed by atoms with Gasteiger partial charge in [-0.1, -0.05) is 6.08 Å². The van der Waals surface area contributed by atoms with E-state index in [1.54, 1.807) is 12.4 Å². The first-order valence-corrected chi connectivity index (χ1v) is 7.00. The average Bonchev–Trinajstić information content (AvgIpc) is 2.30. The highest BCUT2D eigenvalue weighted by Gasteiger charge is 2.30. The number of aryl methyl sites for hydroxylation is 1. The Kier molecular flexibility index (Phi) is 4.94. The normalized spacial score (nSPS) is 15.1. The third-order valence-corrected chi connectivity index (χ3v) is 3.68. The van der Waals surface area contributed by atoms with Gasteiger partial charge in [0.25, 0.3) is 0 Å². The second-order valence-corrected chi connectivity index (χ2v) is 5.88. The third-order valence-electron chi connectivity index (χ3n) is 2.39. The Balaban J connectivity index is 3.04. The number of hydrogen-bond donors (Lipinski definition) is 1. The Bertz CT molecular complexity index is 499. The summed E-state index contributed by atoms with van der Waals surface area (Å²) in [6.45, 7) is 7.02. The number of hydrogen-bond acceptors (Lipinski definition) is 5. The van der Waals surface area contributed by atoms with E-state index in [-0.39, 0.29) is 6.61 Å². The maximum atomic E-state index is 11.4. The molecule has 0 fully saturated rings. The van der Waals surface area contributed by atoms with E-state index in [1.165, 1.54) is 13.0 Å². The molecular formula is C11H17N3O3S. The smallest absolute Gasteiger partial charge is 0.214 e. The van der Waals surface area contributed by atoms with Gasteiger partial charge >= 0.3 is 0 Å². The molecule has 0 radical (unpaired) electrons. The van der Waals surface area contributed by atoms with Gasteiger partial charge in [0.05, 0.1) is 6.61 Å². The highest BCUT2D eigenvalue weighted by Crippen LogP contribution is 2.21. The van der Waals surface area contributed by atoms with E-state index in [9.17, 15) is 8.42 Å². The van der Waals surface area contributed by atoms with Crippen LogP contribution in [0.3, 0.4) is 0 Å². The fourth-order valence-corrected chi connectivity index (χ4v) is 1.86. The molecule has 0 bridgehead atoms. The van der Waals surface area contributed by atoms with E-state index in [2.05, 4.69) is 16.5 Å². The highest BCUT2D eigenvalue weighted by atomic mass is 32.2. The van der Waals surface area contributed by atoms with Crippen LogP contribution in [-0.4, -0.2) is 30.2 Å². The second kappa shape index (κ2) is 6.03. The SMILES string of the molecule is C=CCOC(c1ncc(C)cn1)C(C)S(N)(=O)=O. The van der Waals surface area contributed by atoms with E-state index in [1.807, 2.05) is 6.92 Å². The van der Waals surface area contributed by atoms with Crippen LogP contribution in [0.2, 0.25) is 0 Å². The maximum Gasteiger partial charge on any atom is 0.214 e. The van der Waals surface area contributed by atoms with Crippen molar-refractivity contribution in [1.82, 2.24) is 9.97 Å². The van der Waals surface area contributed by atoms with Gasteiger partial charge in [-0.25, -0.2) is 23.5 Å². The first-order valence-electron chi connectivity index (χ1n) is 5.39.